The molecular weight excluding hydrogens is 423 g/mol. The molecule has 1 saturated heterocycles. The molecule has 0 radical (unpaired) electrons. The normalized spacial score (nSPS) is 16.8. The van der Waals surface area contributed by atoms with Crippen molar-refractivity contribution in [1.29, 1.82) is 0 Å². The number of hydrogen-bond donors (Lipinski definition) is 2. The van der Waals surface area contributed by atoms with E-state index in [-0.39, 0.29) is 18.5 Å². The van der Waals surface area contributed by atoms with E-state index in [1.54, 1.807) is 7.11 Å². The molecule has 2 aromatic carbocycles. The first-order valence-electron chi connectivity index (χ1n) is 10.5. The molecule has 9 heteroatoms. The number of rotatable bonds is 7. The van der Waals surface area contributed by atoms with Crippen LogP contribution in [0.1, 0.15) is 37.3 Å². The molecule has 0 bridgehead atoms. The van der Waals surface area contributed by atoms with Crippen LogP contribution in [0.4, 0.5) is 18.9 Å². The third-order valence-electron chi connectivity index (χ3n) is 5.47. The van der Waals surface area contributed by atoms with Gasteiger partial charge in [0.1, 0.15) is 5.75 Å². The highest BCUT2D eigenvalue weighted by atomic mass is 19.2. The van der Waals surface area contributed by atoms with Gasteiger partial charge in [0.2, 0.25) is 11.8 Å². The van der Waals surface area contributed by atoms with E-state index in [1.807, 2.05) is 24.3 Å². The van der Waals surface area contributed by atoms with Crippen LogP contribution in [0.2, 0.25) is 0 Å². The fraction of sp³-hybridized carbons (Fsp3) is 0.391. The van der Waals surface area contributed by atoms with E-state index in [0.717, 1.165) is 49.6 Å². The molecule has 2 N–H and O–H groups in total. The predicted molar refractivity (Wildman–Crippen MR) is 114 cm³/mol. The predicted octanol–water partition coefficient (Wildman–Crippen LogP) is 3.78. The number of likely N-dealkylation sites (tertiary alicyclic amines) is 1. The minimum atomic E-state index is -1.67. The summed E-state index contributed by atoms with van der Waals surface area (Å²) in [6, 6.07) is 9.46. The van der Waals surface area contributed by atoms with Gasteiger partial charge in [0.05, 0.1) is 25.9 Å². The average molecular weight is 449 g/mol. The topological polar surface area (TPSA) is 70.7 Å². The van der Waals surface area contributed by atoms with Crippen molar-refractivity contribution in [3.63, 3.8) is 0 Å². The largest absolute Gasteiger partial charge is 0.497 e. The van der Waals surface area contributed by atoms with Gasteiger partial charge in [-0.05, 0) is 49.2 Å². The first-order chi connectivity index (χ1) is 15.4. The number of hydrogen-bond acceptors (Lipinski definition) is 4. The summed E-state index contributed by atoms with van der Waals surface area (Å²) in [4.78, 5) is 26.6. The Morgan fingerprint density at radius 2 is 1.75 bits per heavy atom. The second-order valence-electron chi connectivity index (χ2n) is 7.66. The number of nitrogens with one attached hydrogen (secondary N) is 2. The smallest absolute Gasteiger partial charge is 0.243 e. The van der Waals surface area contributed by atoms with Gasteiger partial charge in [0.15, 0.2) is 17.5 Å². The van der Waals surface area contributed by atoms with Gasteiger partial charge in [-0.2, -0.15) is 0 Å². The number of amides is 2. The molecule has 1 heterocycles. The lowest BCUT2D eigenvalue weighted by Gasteiger charge is -2.29. The van der Waals surface area contributed by atoms with Crippen molar-refractivity contribution in [2.75, 3.05) is 32.1 Å². The summed E-state index contributed by atoms with van der Waals surface area (Å²) in [5, 5.41) is 4.64. The molecule has 1 atom stereocenters. The second-order valence-corrected chi connectivity index (χ2v) is 7.66. The second kappa shape index (κ2) is 11.0. The van der Waals surface area contributed by atoms with Gasteiger partial charge in [-0.25, -0.2) is 13.2 Å². The minimum Gasteiger partial charge on any atom is -0.497 e. The van der Waals surface area contributed by atoms with Crippen LogP contribution in [-0.2, 0) is 9.59 Å². The molecule has 172 valence electrons. The Balaban J connectivity index is 1.57. The number of nitrogens with zero attached hydrogens (tertiary/aromatic N) is 1. The van der Waals surface area contributed by atoms with Crippen molar-refractivity contribution < 1.29 is 27.5 Å². The first-order valence-corrected chi connectivity index (χ1v) is 10.5. The molecule has 3 rings (SSSR count). The molecule has 0 aliphatic carbocycles. The number of carbonyl (C=O) groups excluding carboxylic acids is 2. The highest BCUT2D eigenvalue weighted by Gasteiger charge is 2.25. The fourth-order valence-electron chi connectivity index (χ4n) is 3.80. The lowest BCUT2D eigenvalue weighted by atomic mass is 10.0. The van der Waals surface area contributed by atoms with E-state index < -0.39 is 35.6 Å². The Labute approximate surface area is 184 Å². The SMILES string of the molecule is COc1ccc([C@H]2CCCCCN2CC(=O)NCC(=O)Nc2ccc(F)c(F)c2F)cc1. The molecule has 0 saturated carbocycles. The molecule has 1 aliphatic heterocycles. The lowest BCUT2D eigenvalue weighted by Crippen LogP contribution is -2.41. The molecule has 0 unspecified atom stereocenters. The van der Waals surface area contributed by atoms with E-state index in [0.29, 0.717) is 6.07 Å². The number of ether oxygens (including phenoxy) is 1. The van der Waals surface area contributed by atoms with Crippen molar-refractivity contribution in [3.05, 3.63) is 59.4 Å². The molecule has 0 spiro atoms. The van der Waals surface area contributed by atoms with Crippen LogP contribution >= 0.6 is 0 Å². The van der Waals surface area contributed by atoms with E-state index >= 15 is 0 Å². The number of halogens is 3. The van der Waals surface area contributed by atoms with E-state index in [2.05, 4.69) is 15.5 Å². The number of carbonyl (C=O) groups is 2. The average Bonchev–Trinajstić information content (AvgIpc) is 3.03. The maximum atomic E-state index is 13.7. The molecule has 32 heavy (non-hydrogen) atoms. The Kier molecular flexibility index (Phi) is 8.10. The zero-order valence-corrected chi connectivity index (χ0v) is 17.8. The van der Waals surface area contributed by atoms with E-state index in [1.165, 1.54) is 0 Å². The summed E-state index contributed by atoms with van der Waals surface area (Å²) >= 11 is 0. The Morgan fingerprint density at radius 1 is 1.00 bits per heavy atom. The van der Waals surface area contributed by atoms with Crippen LogP contribution in [-0.4, -0.2) is 43.5 Å². The molecule has 2 aromatic rings. The number of anilines is 1. The van der Waals surface area contributed by atoms with Gasteiger partial charge in [0, 0.05) is 6.04 Å². The van der Waals surface area contributed by atoms with Gasteiger partial charge < -0.3 is 15.4 Å². The van der Waals surface area contributed by atoms with E-state index in [4.69, 9.17) is 4.74 Å². The summed E-state index contributed by atoms with van der Waals surface area (Å²) in [5.41, 5.74) is 0.599. The Bertz CT molecular complexity index is 953. The number of benzene rings is 2. The van der Waals surface area contributed by atoms with Crippen molar-refractivity contribution in [2.24, 2.45) is 0 Å². The van der Waals surface area contributed by atoms with Gasteiger partial charge in [-0.15, -0.1) is 0 Å². The van der Waals surface area contributed by atoms with Crippen molar-refractivity contribution in [1.82, 2.24) is 10.2 Å². The van der Waals surface area contributed by atoms with Crippen molar-refractivity contribution in [3.8, 4) is 5.75 Å². The third kappa shape index (κ3) is 6.00. The fourth-order valence-corrected chi connectivity index (χ4v) is 3.80. The molecule has 1 aliphatic rings. The van der Waals surface area contributed by atoms with Crippen molar-refractivity contribution in [2.45, 2.75) is 31.7 Å². The third-order valence-corrected chi connectivity index (χ3v) is 5.47. The molecule has 6 nitrogen and oxygen atoms in total. The minimum absolute atomic E-state index is 0.0688. The number of methoxy groups -OCH3 is 1. The summed E-state index contributed by atoms with van der Waals surface area (Å²) < 4.78 is 45.2. The van der Waals surface area contributed by atoms with E-state index in [9.17, 15) is 22.8 Å². The van der Waals surface area contributed by atoms with Crippen LogP contribution in [0.15, 0.2) is 36.4 Å². The standard InChI is InChI=1S/C23H26F3N3O3/c1-32-16-8-6-15(7-9-16)19-5-3-2-4-12-29(19)14-21(31)27-13-20(30)28-18-11-10-17(24)22(25)23(18)26/h6-11,19H,2-5,12-14H2,1H3,(H,27,31)(H,28,30)/t19-/m1/s1. The summed E-state index contributed by atoms with van der Waals surface area (Å²) in [6.45, 7) is 0.429. The molecular formula is C23H26F3N3O3. The van der Waals surface area contributed by atoms with Crippen molar-refractivity contribution >= 4 is 17.5 Å². The van der Waals surface area contributed by atoms with Crippen LogP contribution in [0.3, 0.4) is 0 Å². The van der Waals surface area contributed by atoms with Crippen LogP contribution in [0, 0.1) is 17.5 Å². The maximum absolute atomic E-state index is 13.7. The van der Waals surface area contributed by atoms with Crippen LogP contribution in [0.25, 0.3) is 0 Å². The highest BCUT2D eigenvalue weighted by Crippen LogP contribution is 2.30. The maximum Gasteiger partial charge on any atom is 0.243 e. The van der Waals surface area contributed by atoms with Gasteiger partial charge in [-0.1, -0.05) is 25.0 Å². The molecule has 1 fully saturated rings. The highest BCUT2D eigenvalue weighted by molar-refractivity contribution is 5.94. The Morgan fingerprint density at radius 3 is 2.47 bits per heavy atom. The Hall–Kier alpha value is -3.07. The van der Waals surface area contributed by atoms with Crippen LogP contribution in [0.5, 0.6) is 5.75 Å². The lowest BCUT2D eigenvalue weighted by molar-refractivity contribution is -0.125. The summed E-state index contributed by atoms with van der Waals surface area (Å²) in [7, 11) is 1.61. The zero-order valence-electron chi connectivity index (χ0n) is 17.8. The van der Waals surface area contributed by atoms with Gasteiger partial charge >= 0.3 is 0 Å². The van der Waals surface area contributed by atoms with Gasteiger partial charge in [0.25, 0.3) is 0 Å². The quantitative estimate of drug-likeness (QED) is 0.631. The molecule has 2 amide bonds. The zero-order chi connectivity index (χ0) is 23.1. The summed E-state index contributed by atoms with van der Waals surface area (Å²) in [5.74, 6) is -4.85. The van der Waals surface area contributed by atoms with Gasteiger partial charge in [-0.3, -0.25) is 14.5 Å². The summed E-state index contributed by atoms with van der Waals surface area (Å²) in [6.07, 6.45) is 4.01. The molecule has 0 aromatic heterocycles. The van der Waals surface area contributed by atoms with Crippen LogP contribution < -0.4 is 15.4 Å². The first kappa shape index (κ1) is 23.6. The monoisotopic (exact) mass is 449 g/mol.